The summed E-state index contributed by atoms with van der Waals surface area (Å²) in [5, 5.41) is 14.7. The highest BCUT2D eigenvalue weighted by Gasteiger charge is 2.40. The number of carbonyl (C=O) groups is 3. The number of nitrogens with zero attached hydrogens (tertiary/aromatic N) is 2. The van der Waals surface area contributed by atoms with E-state index >= 15 is 0 Å². The maximum absolute atomic E-state index is 13.6. The molecule has 1 aromatic carbocycles. The number of hydrogen-bond donors (Lipinski definition) is 1. The van der Waals surface area contributed by atoms with Crippen molar-refractivity contribution in [2.45, 2.75) is 66.5 Å². The third-order valence-corrected chi connectivity index (χ3v) is 5.59. The summed E-state index contributed by atoms with van der Waals surface area (Å²) in [7, 11) is 2.22. The zero-order valence-corrected chi connectivity index (χ0v) is 22.8. The number of likely N-dealkylation sites (N-methyl/N-ethyl adjacent to an activating group) is 1. The number of hydrogen-bond acceptors (Lipinski definition) is 8. The fraction of sp³-hybridized carbons (Fsp3) is 0.577. The van der Waals surface area contributed by atoms with Crippen molar-refractivity contribution in [3.8, 4) is 0 Å². The van der Waals surface area contributed by atoms with E-state index in [9.17, 15) is 24.5 Å². The van der Waals surface area contributed by atoms with Gasteiger partial charge in [-0.05, 0) is 38.8 Å². The van der Waals surface area contributed by atoms with E-state index in [1.807, 2.05) is 48.5 Å². The van der Waals surface area contributed by atoms with Gasteiger partial charge in [0.15, 0.2) is 0 Å². The zero-order chi connectivity index (χ0) is 27.8. The number of rotatable bonds is 11. The summed E-state index contributed by atoms with van der Waals surface area (Å²) >= 11 is 0. The van der Waals surface area contributed by atoms with Crippen LogP contribution < -0.4 is 5.32 Å². The van der Waals surface area contributed by atoms with Crippen LogP contribution in [0.25, 0.3) is 0 Å². The van der Waals surface area contributed by atoms with Crippen LogP contribution in [-0.4, -0.2) is 60.5 Å². The van der Waals surface area contributed by atoms with E-state index in [1.165, 1.54) is 18.2 Å². The number of nitrogens with one attached hydrogen (secondary N) is 1. The predicted octanol–water partition coefficient (Wildman–Crippen LogP) is 3.95. The van der Waals surface area contributed by atoms with Gasteiger partial charge < -0.3 is 14.8 Å². The average molecular weight is 506 g/mol. The lowest BCUT2D eigenvalue weighted by Gasteiger charge is -2.34. The molecule has 0 radical (unpaired) electrons. The molecule has 0 saturated carbocycles. The van der Waals surface area contributed by atoms with E-state index in [0.717, 1.165) is 14.2 Å². The Morgan fingerprint density at radius 2 is 1.53 bits per heavy atom. The Labute approximate surface area is 213 Å². The summed E-state index contributed by atoms with van der Waals surface area (Å²) in [5.41, 5.74) is -1.89. The Hall–Kier alpha value is -3.27. The summed E-state index contributed by atoms with van der Waals surface area (Å²) in [6.07, 6.45) is 0.567. The number of nitro benzene ring substituents is 1. The molecule has 10 nitrogen and oxygen atoms in total. The number of benzene rings is 1. The van der Waals surface area contributed by atoms with E-state index in [1.54, 1.807) is 11.0 Å². The molecule has 0 spiro atoms. The van der Waals surface area contributed by atoms with Gasteiger partial charge in [-0.15, -0.1) is 0 Å². The van der Waals surface area contributed by atoms with Crippen molar-refractivity contribution >= 4 is 23.5 Å². The highest BCUT2D eigenvalue weighted by atomic mass is 16.6. The summed E-state index contributed by atoms with van der Waals surface area (Å²) in [6, 6.07) is 4.79. The molecule has 1 unspecified atom stereocenters. The van der Waals surface area contributed by atoms with Gasteiger partial charge in [0.05, 0.1) is 36.3 Å². The molecule has 0 fully saturated rings. The minimum Gasteiger partial charge on any atom is -0.466 e. The Morgan fingerprint density at radius 1 is 1.00 bits per heavy atom. The third kappa shape index (κ3) is 7.87. The molecule has 0 aliphatic carbocycles. The molecule has 1 aromatic rings. The second-order valence-corrected chi connectivity index (χ2v) is 10.3. The van der Waals surface area contributed by atoms with E-state index in [2.05, 4.69) is 5.32 Å². The first kappa shape index (κ1) is 30.8. The molecule has 10 heteroatoms. The lowest BCUT2D eigenvalue weighted by atomic mass is 9.81. The van der Waals surface area contributed by atoms with E-state index in [0.29, 0.717) is 19.5 Å². The number of ether oxygens (including phenoxy) is 2. The first-order valence-corrected chi connectivity index (χ1v) is 11.8. The van der Waals surface area contributed by atoms with Crippen LogP contribution in [0.1, 0.15) is 66.5 Å². The minimum atomic E-state index is -1.13. The highest BCUT2D eigenvalue weighted by molar-refractivity contribution is 6.21. The Bertz CT molecular complexity index is 1010. The largest absolute Gasteiger partial charge is 0.466 e. The molecule has 1 rings (SSSR count). The van der Waals surface area contributed by atoms with Crippen LogP contribution in [-0.2, 0) is 23.9 Å². The van der Waals surface area contributed by atoms with Gasteiger partial charge in [0.2, 0.25) is 0 Å². The van der Waals surface area contributed by atoms with Gasteiger partial charge in [-0.3, -0.25) is 19.8 Å². The first-order valence-electron chi connectivity index (χ1n) is 11.8. The van der Waals surface area contributed by atoms with Crippen LogP contribution in [0, 0.1) is 15.5 Å². The predicted molar refractivity (Wildman–Crippen MR) is 136 cm³/mol. The van der Waals surface area contributed by atoms with Crippen molar-refractivity contribution in [3.05, 3.63) is 51.1 Å². The van der Waals surface area contributed by atoms with E-state index in [-0.39, 0.29) is 22.2 Å². The summed E-state index contributed by atoms with van der Waals surface area (Å²) in [5.74, 6) is -2.84. The fourth-order valence-electron chi connectivity index (χ4n) is 4.64. The number of methoxy groups -OCH3 is 2. The van der Waals surface area contributed by atoms with Gasteiger partial charge in [0.25, 0.3) is 11.6 Å². The van der Waals surface area contributed by atoms with Crippen molar-refractivity contribution in [1.82, 2.24) is 10.2 Å². The van der Waals surface area contributed by atoms with Gasteiger partial charge in [0, 0.05) is 11.6 Å². The van der Waals surface area contributed by atoms with Crippen LogP contribution in [0.15, 0.2) is 35.4 Å². The summed E-state index contributed by atoms with van der Waals surface area (Å²) in [6.45, 7) is 14.0. The number of amides is 1. The number of nitro groups is 1. The number of carbonyl (C=O) groups excluding carboxylic acids is 3. The van der Waals surface area contributed by atoms with Crippen LogP contribution in [0.3, 0.4) is 0 Å². The van der Waals surface area contributed by atoms with Crippen molar-refractivity contribution in [1.29, 1.82) is 0 Å². The van der Waals surface area contributed by atoms with Crippen molar-refractivity contribution in [2.24, 2.45) is 5.41 Å². The molecule has 0 saturated heterocycles. The molecule has 1 amide bonds. The van der Waals surface area contributed by atoms with Gasteiger partial charge in [0.1, 0.15) is 5.57 Å². The molecule has 0 aliphatic heterocycles. The SMILES string of the molecule is CCN(CC)C(/C(C(=O)OC)=C(\C(=O)NC(C)(C)CC(C)(C)C)C(=O)OC)c1ccccc1[N+](=O)[O-]. The van der Waals surface area contributed by atoms with Gasteiger partial charge in [-0.25, -0.2) is 9.59 Å². The second-order valence-electron chi connectivity index (χ2n) is 10.3. The summed E-state index contributed by atoms with van der Waals surface area (Å²) < 4.78 is 9.93. The quantitative estimate of drug-likeness (QED) is 0.120. The molecular weight excluding hydrogens is 466 g/mol. The lowest BCUT2D eigenvalue weighted by molar-refractivity contribution is -0.385. The molecule has 36 heavy (non-hydrogen) atoms. The smallest absolute Gasteiger partial charge is 0.344 e. The second kappa shape index (κ2) is 12.6. The maximum Gasteiger partial charge on any atom is 0.344 e. The molecule has 0 heterocycles. The van der Waals surface area contributed by atoms with E-state index in [4.69, 9.17) is 9.47 Å². The van der Waals surface area contributed by atoms with Crippen molar-refractivity contribution in [2.75, 3.05) is 27.3 Å². The summed E-state index contributed by atoms with van der Waals surface area (Å²) in [4.78, 5) is 53.0. The van der Waals surface area contributed by atoms with Gasteiger partial charge >= 0.3 is 11.9 Å². The monoisotopic (exact) mass is 505 g/mol. The molecule has 1 atom stereocenters. The normalized spacial score (nSPS) is 13.5. The number of para-hydroxylation sites is 1. The molecule has 0 aromatic heterocycles. The van der Waals surface area contributed by atoms with E-state index < -0.39 is 39.9 Å². The minimum absolute atomic E-state index is 0.147. The Morgan fingerprint density at radius 3 is 1.97 bits per heavy atom. The van der Waals surface area contributed by atoms with Gasteiger partial charge in [-0.2, -0.15) is 0 Å². The molecular formula is C26H39N3O7. The first-order chi connectivity index (χ1) is 16.6. The molecule has 0 bridgehead atoms. The molecule has 1 N–H and O–H groups in total. The van der Waals surface area contributed by atoms with Crippen LogP contribution in [0.4, 0.5) is 5.69 Å². The average Bonchev–Trinajstić information content (AvgIpc) is 2.78. The standard InChI is InChI=1S/C26H39N3O7/c1-10-28(11-2)21(17-14-12-13-15-18(17)29(33)34)19(23(31)35-8)20(24(32)36-9)22(30)27-26(6,7)16-25(3,4)5/h12-15,21H,10-11,16H2,1-9H3,(H,27,30)/b20-19-. The fourth-order valence-corrected chi connectivity index (χ4v) is 4.64. The molecule has 200 valence electrons. The maximum atomic E-state index is 13.6. The Balaban J connectivity index is 4.03. The van der Waals surface area contributed by atoms with Gasteiger partial charge in [-0.1, -0.05) is 52.8 Å². The van der Waals surface area contributed by atoms with Crippen LogP contribution >= 0.6 is 0 Å². The van der Waals surface area contributed by atoms with Crippen LogP contribution in [0.2, 0.25) is 0 Å². The lowest BCUT2D eigenvalue weighted by Crippen LogP contribution is -2.48. The topological polar surface area (TPSA) is 128 Å². The van der Waals surface area contributed by atoms with Crippen LogP contribution in [0.5, 0.6) is 0 Å². The highest BCUT2D eigenvalue weighted by Crippen LogP contribution is 2.37. The zero-order valence-electron chi connectivity index (χ0n) is 22.8. The van der Waals surface area contributed by atoms with Crippen molar-refractivity contribution in [3.63, 3.8) is 0 Å². The Kier molecular flexibility index (Phi) is 10.8. The van der Waals surface area contributed by atoms with Crippen molar-refractivity contribution < 1.29 is 28.8 Å². The molecule has 0 aliphatic rings. The third-order valence-electron chi connectivity index (χ3n) is 5.59. The number of esters is 2.